The molecule has 1 aliphatic rings. The number of nitrogens with zero attached hydrogens (tertiary/aromatic N) is 1. The van der Waals surface area contributed by atoms with Gasteiger partial charge in [-0.1, -0.05) is 0 Å². The van der Waals surface area contributed by atoms with Gasteiger partial charge in [0.15, 0.2) is 6.23 Å². The van der Waals surface area contributed by atoms with E-state index in [0.29, 0.717) is 27.9 Å². The lowest BCUT2D eigenvalue weighted by Crippen LogP contribution is -2.35. The fourth-order valence-corrected chi connectivity index (χ4v) is 5.14. The molecule has 0 spiro atoms. The van der Waals surface area contributed by atoms with Crippen LogP contribution in [-0.2, 0) is 34.0 Å². The van der Waals surface area contributed by atoms with Crippen LogP contribution >= 0.6 is 0 Å². The van der Waals surface area contributed by atoms with Crippen LogP contribution in [0.5, 0.6) is 23.0 Å². The maximum absolute atomic E-state index is 12.9. The maximum Gasteiger partial charge on any atom is 0.411 e. The second-order valence-corrected chi connectivity index (χ2v) is 11.5. The van der Waals surface area contributed by atoms with Crippen molar-refractivity contribution < 1.29 is 61.2 Å². The van der Waals surface area contributed by atoms with Gasteiger partial charge < -0.3 is 38.9 Å². The minimum Gasteiger partial charge on any atom is -0.496 e. The number of methoxy groups -OCH3 is 4. The largest absolute Gasteiger partial charge is 0.496 e. The molecule has 1 fully saturated rings. The van der Waals surface area contributed by atoms with E-state index in [1.807, 2.05) is 0 Å². The Balaban J connectivity index is 1.48. The first-order valence-corrected chi connectivity index (χ1v) is 16.0. The number of rotatable bonds is 17. The third-order valence-electron chi connectivity index (χ3n) is 6.64. The van der Waals surface area contributed by atoms with Crippen LogP contribution in [0.4, 0.5) is 16.2 Å². The van der Waals surface area contributed by atoms with Crippen molar-refractivity contribution in [2.45, 2.75) is 38.3 Å². The molecule has 17 nitrogen and oxygen atoms in total. The van der Waals surface area contributed by atoms with E-state index < -0.39 is 40.1 Å². The van der Waals surface area contributed by atoms with Gasteiger partial charge >= 0.3 is 12.1 Å². The molecule has 0 aromatic heterocycles. The number of hydroxylamine groups is 2. The molecule has 0 saturated carbocycles. The summed E-state index contributed by atoms with van der Waals surface area (Å²) in [5, 5.41) is 16.2. The fourth-order valence-electron chi connectivity index (χ4n) is 4.30. The first kappa shape index (κ1) is 37.2. The molecule has 2 aromatic rings. The molecule has 1 aliphatic heterocycles. The highest BCUT2D eigenvalue weighted by Gasteiger charge is 2.32. The lowest BCUT2D eigenvalue weighted by atomic mass is 10.1. The number of sulfonamides is 1. The zero-order chi connectivity index (χ0) is 35.3. The Morgan fingerprint density at radius 1 is 0.979 bits per heavy atom. The number of carbonyl (C=O) groups excluding carboxylic acids is 4. The van der Waals surface area contributed by atoms with Gasteiger partial charge in [-0.15, -0.1) is 5.06 Å². The van der Waals surface area contributed by atoms with Crippen LogP contribution in [0.25, 0.3) is 6.08 Å². The highest BCUT2D eigenvalue weighted by molar-refractivity contribution is 7.95. The predicted molar refractivity (Wildman–Crippen MR) is 171 cm³/mol. The summed E-state index contributed by atoms with van der Waals surface area (Å²) in [7, 11) is 1.61. The molecule has 1 heterocycles. The van der Waals surface area contributed by atoms with Crippen LogP contribution in [0.2, 0.25) is 0 Å². The summed E-state index contributed by atoms with van der Waals surface area (Å²) >= 11 is 0. The van der Waals surface area contributed by atoms with Gasteiger partial charge in [-0.25, -0.2) is 18.0 Å². The molecule has 0 aliphatic carbocycles. The second-order valence-electron chi connectivity index (χ2n) is 9.98. The van der Waals surface area contributed by atoms with Gasteiger partial charge in [-0.3, -0.25) is 19.6 Å². The molecule has 4 N–H and O–H groups in total. The number of hydrogen-bond donors (Lipinski definition) is 4. The van der Waals surface area contributed by atoms with E-state index >= 15 is 0 Å². The van der Waals surface area contributed by atoms with Gasteiger partial charge in [0, 0.05) is 37.8 Å². The average molecular weight is 695 g/mol. The maximum atomic E-state index is 12.9. The summed E-state index contributed by atoms with van der Waals surface area (Å²) in [6.07, 6.45) is -0.571. The number of hydrogen-bond acceptors (Lipinski definition) is 13. The van der Waals surface area contributed by atoms with Gasteiger partial charge in [-0.2, -0.15) is 0 Å². The van der Waals surface area contributed by atoms with E-state index in [0.717, 1.165) is 5.41 Å². The topological polar surface area (TPSA) is 217 Å². The summed E-state index contributed by atoms with van der Waals surface area (Å²) in [6, 6.07) is 7.35. The van der Waals surface area contributed by atoms with Crippen molar-refractivity contribution in [3.8, 4) is 23.0 Å². The molecule has 1 saturated heterocycles. The molecule has 2 aromatic carbocycles. The number of aliphatic hydroxyl groups is 1. The van der Waals surface area contributed by atoms with E-state index in [9.17, 15) is 32.7 Å². The lowest BCUT2D eigenvalue weighted by Gasteiger charge is -2.18. The summed E-state index contributed by atoms with van der Waals surface area (Å²) in [6.45, 7) is -0.232. The van der Waals surface area contributed by atoms with E-state index in [2.05, 4.69) is 15.4 Å². The van der Waals surface area contributed by atoms with E-state index in [1.54, 1.807) is 12.1 Å². The summed E-state index contributed by atoms with van der Waals surface area (Å²) in [5.41, 5.74) is 0.563. The Kier molecular flexibility index (Phi) is 13.7. The summed E-state index contributed by atoms with van der Waals surface area (Å²) in [4.78, 5) is 52.7. The molecule has 3 rings (SSSR count). The van der Waals surface area contributed by atoms with E-state index in [-0.39, 0.29) is 62.4 Å². The van der Waals surface area contributed by atoms with Gasteiger partial charge in [-0.05, 0) is 30.7 Å². The summed E-state index contributed by atoms with van der Waals surface area (Å²) in [5.74, 6) is -0.345. The van der Waals surface area contributed by atoms with E-state index in [1.165, 1.54) is 52.7 Å². The SMILES string of the molecule is COc1cc(OC)c(/C=C/S(=O)(=O)Nc2ccc(OC)c(NC(=O)OCCNC(=O)CCCC(=O)ON3C(=O)CCC3O)c2)c(OC)c1. The zero-order valence-electron chi connectivity index (χ0n) is 26.8. The second kappa shape index (κ2) is 17.6. The first-order chi connectivity index (χ1) is 22.9. The Bertz CT molecular complexity index is 1590. The smallest absolute Gasteiger partial charge is 0.411 e. The highest BCUT2D eigenvalue weighted by atomic mass is 32.2. The van der Waals surface area contributed by atoms with Gasteiger partial charge in [0.05, 0.1) is 57.3 Å². The van der Waals surface area contributed by atoms with Gasteiger partial charge in [0.1, 0.15) is 29.6 Å². The third kappa shape index (κ3) is 10.9. The first-order valence-electron chi connectivity index (χ1n) is 14.5. The van der Waals surface area contributed by atoms with Crippen LogP contribution in [-0.4, -0.2) is 90.3 Å². The van der Waals surface area contributed by atoms with Crippen molar-refractivity contribution in [3.63, 3.8) is 0 Å². The molecule has 0 bridgehead atoms. The Labute approximate surface area is 277 Å². The fraction of sp³-hybridized carbons (Fsp3) is 0.400. The Hall–Kier alpha value is -5.23. The standard InChI is InChI=1S/C30H38N4O13S/c1-42-20-17-24(44-3)21(25(18-20)45-4)12-15-48(40,41)33-19-8-9-23(43-2)22(16-19)32-30(39)46-14-13-31-26(35)6-5-7-29(38)47-34-27(36)10-11-28(34)37/h8-9,12,15-18,27,33,36H,5-7,10-11,13-14H2,1-4H3,(H,31,35)(H,32,39)/b15-12+. The number of anilines is 2. The average Bonchev–Trinajstić information content (AvgIpc) is 3.37. The molecular formula is C30H38N4O13S. The van der Waals surface area contributed by atoms with Crippen LogP contribution in [0.1, 0.15) is 37.7 Å². The Morgan fingerprint density at radius 3 is 2.27 bits per heavy atom. The number of carbonyl (C=O) groups is 4. The molecule has 1 atom stereocenters. The zero-order valence-corrected chi connectivity index (χ0v) is 27.6. The molecule has 3 amide bonds. The molecule has 0 radical (unpaired) electrons. The molecular weight excluding hydrogens is 656 g/mol. The van der Waals surface area contributed by atoms with Crippen LogP contribution in [0.3, 0.4) is 0 Å². The number of nitrogens with one attached hydrogen (secondary N) is 3. The van der Waals surface area contributed by atoms with E-state index in [4.69, 9.17) is 28.5 Å². The molecule has 48 heavy (non-hydrogen) atoms. The lowest BCUT2D eigenvalue weighted by molar-refractivity contribution is -0.220. The quantitative estimate of drug-likeness (QED) is 0.175. The number of ether oxygens (including phenoxy) is 5. The van der Waals surface area contributed by atoms with Crippen molar-refractivity contribution in [2.75, 3.05) is 51.6 Å². The molecule has 1 unspecified atom stereocenters. The number of aliphatic hydroxyl groups excluding tert-OH is 1. The highest BCUT2D eigenvalue weighted by Crippen LogP contribution is 2.35. The van der Waals surface area contributed by atoms with Crippen molar-refractivity contribution in [1.29, 1.82) is 0 Å². The van der Waals surface area contributed by atoms with Crippen LogP contribution in [0, 0.1) is 0 Å². The minimum absolute atomic E-state index is 0.0295. The predicted octanol–water partition coefficient (Wildman–Crippen LogP) is 2.37. The van der Waals surface area contributed by atoms with Crippen LogP contribution in [0.15, 0.2) is 35.7 Å². The van der Waals surface area contributed by atoms with Gasteiger partial charge in [0.2, 0.25) is 5.91 Å². The van der Waals surface area contributed by atoms with Crippen molar-refractivity contribution in [1.82, 2.24) is 10.4 Å². The number of amides is 3. The van der Waals surface area contributed by atoms with Crippen molar-refractivity contribution in [2.24, 2.45) is 0 Å². The van der Waals surface area contributed by atoms with Crippen molar-refractivity contribution in [3.05, 3.63) is 41.3 Å². The molecule has 18 heteroatoms. The summed E-state index contributed by atoms with van der Waals surface area (Å²) < 4.78 is 54.4. The molecule has 262 valence electrons. The minimum atomic E-state index is -4.06. The van der Waals surface area contributed by atoms with Gasteiger partial charge in [0.25, 0.3) is 15.9 Å². The van der Waals surface area contributed by atoms with Crippen LogP contribution < -0.4 is 34.3 Å². The normalized spacial score (nSPS) is 14.3. The number of benzene rings is 2. The third-order valence-corrected chi connectivity index (χ3v) is 7.65. The van der Waals surface area contributed by atoms with Crippen molar-refractivity contribution >= 4 is 51.4 Å². The monoisotopic (exact) mass is 694 g/mol. The Morgan fingerprint density at radius 2 is 1.67 bits per heavy atom.